The lowest BCUT2D eigenvalue weighted by molar-refractivity contribution is -0.117. The summed E-state index contributed by atoms with van der Waals surface area (Å²) in [5.74, 6) is 0.241. The second-order valence-electron chi connectivity index (χ2n) is 5.62. The van der Waals surface area contributed by atoms with Crippen molar-refractivity contribution in [1.29, 1.82) is 0 Å². The van der Waals surface area contributed by atoms with Crippen LogP contribution in [0, 0.1) is 5.41 Å². The van der Waals surface area contributed by atoms with Gasteiger partial charge in [-0.25, -0.2) is 12.7 Å². The van der Waals surface area contributed by atoms with Gasteiger partial charge in [-0.2, -0.15) is 11.3 Å². The molecule has 110 valence electrons. The quantitative estimate of drug-likeness (QED) is 0.850. The molecule has 0 bridgehead atoms. The predicted octanol–water partition coefficient (Wildman–Crippen LogP) is 1.53. The van der Waals surface area contributed by atoms with Crippen LogP contribution < -0.4 is 4.90 Å². The Bertz CT molecular complexity index is 612. The molecule has 0 saturated carbocycles. The minimum Gasteiger partial charge on any atom is -0.311 e. The molecule has 3 rings (SSSR count). The van der Waals surface area contributed by atoms with Gasteiger partial charge in [0.1, 0.15) is 0 Å². The van der Waals surface area contributed by atoms with Crippen molar-refractivity contribution in [3.63, 3.8) is 0 Å². The van der Waals surface area contributed by atoms with Gasteiger partial charge in [0.2, 0.25) is 15.9 Å². The Balaban J connectivity index is 1.79. The minimum atomic E-state index is -3.14. The molecule has 2 saturated heterocycles. The summed E-state index contributed by atoms with van der Waals surface area (Å²) >= 11 is 1.57. The molecule has 1 spiro atoms. The number of rotatable bonds is 3. The SMILES string of the molecule is CCS(=O)(=O)N1CC[C@]2(CC(=O)N(c3ccsc3)C2)C1. The lowest BCUT2D eigenvalue weighted by Gasteiger charge is -2.23. The summed E-state index contributed by atoms with van der Waals surface area (Å²) in [6, 6.07) is 1.94. The van der Waals surface area contributed by atoms with Crippen LogP contribution in [-0.4, -0.2) is 44.0 Å². The molecule has 1 aromatic heterocycles. The summed E-state index contributed by atoms with van der Waals surface area (Å²) in [5.41, 5.74) is 0.745. The van der Waals surface area contributed by atoms with E-state index in [1.54, 1.807) is 27.5 Å². The molecule has 2 aliphatic rings. The van der Waals surface area contributed by atoms with Crippen molar-refractivity contribution in [2.75, 3.05) is 30.3 Å². The Labute approximate surface area is 123 Å². The molecule has 0 aromatic carbocycles. The Kier molecular flexibility index (Phi) is 3.38. The van der Waals surface area contributed by atoms with E-state index < -0.39 is 10.0 Å². The summed E-state index contributed by atoms with van der Waals surface area (Å²) < 4.78 is 25.5. The lowest BCUT2D eigenvalue weighted by Crippen LogP contribution is -2.34. The van der Waals surface area contributed by atoms with Gasteiger partial charge in [-0.15, -0.1) is 0 Å². The van der Waals surface area contributed by atoms with Gasteiger partial charge in [0.15, 0.2) is 0 Å². The molecule has 7 heteroatoms. The largest absolute Gasteiger partial charge is 0.311 e. The van der Waals surface area contributed by atoms with Crippen LogP contribution in [0.25, 0.3) is 0 Å². The number of nitrogens with zero attached hydrogens (tertiary/aromatic N) is 2. The predicted molar refractivity (Wildman–Crippen MR) is 79.4 cm³/mol. The molecular weight excluding hydrogens is 296 g/mol. The van der Waals surface area contributed by atoms with Crippen LogP contribution in [-0.2, 0) is 14.8 Å². The monoisotopic (exact) mass is 314 g/mol. The number of thiophene rings is 1. The highest BCUT2D eigenvalue weighted by Crippen LogP contribution is 2.42. The molecule has 0 N–H and O–H groups in total. The van der Waals surface area contributed by atoms with E-state index in [-0.39, 0.29) is 17.1 Å². The molecule has 20 heavy (non-hydrogen) atoms. The zero-order valence-electron chi connectivity index (χ0n) is 11.4. The molecular formula is C13H18N2O3S2. The first-order chi connectivity index (χ1) is 9.46. The summed E-state index contributed by atoms with van der Waals surface area (Å²) in [5, 5.41) is 3.92. The van der Waals surface area contributed by atoms with Crippen LogP contribution in [0.2, 0.25) is 0 Å². The average Bonchev–Trinajstić information content (AvgIpc) is 3.11. The highest BCUT2D eigenvalue weighted by Gasteiger charge is 2.49. The Morgan fingerprint density at radius 2 is 2.20 bits per heavy atom. The smallest absolute Gasteiger partial charge is 0.227 e. The third kappa shape index (κ3) is 2.27. The molecule has 1 amide bonds. The third-order valence-electron chi connectivity index (χ3n) is 4.30. The fourth-order valence-corrected chi connectivity index (χ4v) is 4.98. The summed E-state index contributed by atoms with van der Waals surface area (Å²) in [7, 11) is -3.14. The average molecular weight is 314 g/mol. The van der Waals surface area contributed by atoms with Gasteiger partial charge >= 0.3 is 0 Å². The number of sulfonamides is 1. The van der Waals surface area contributed by atoms with E-state index in [1.165, 1.54) is 0 Å². The molecule has 0 unspecified atom stereocenters. The van der Waals surface area contributed by atoms with Crippen molar-refractivity contribution >= 4 is 33.0 Å². The zero-order chi connectivity index (χ0) is 14.4. The van der Waals surface area contributed by atoms with Crippen LogP contribution in [0.3, 0.4) is 0 Å². The van der Waals surface area contributed by atoms with Crippen LogP contribution in [0.5, 0.6) is 0 Å². The topological polar surface area (TPSA) is 57.7 Å². The van der Waals surface area contributed by atoms with E-state index in [0.717, 1.165) is 12.1 Å². The molecule has 2 fully saturated rings. The maximum Gasteiger partial charge on any atom is 0.227 e. The Morgan fingerprint density at radius 1 is 1.40 bits per heavy atom. The van der Waals surface area contributed by atoms with Gasteiger partial charge < -0.3 is 4.90 Å². The number of hydrogen-bond donors (Lipinski definition) is 0. The molecule has 5 nitrogen and oxygen atoms in total. The molecule has 1 atom stereocenters. The van der Waals surface area contributed by atoms with Crippen LogP contribution in [0.1, 0.15) is 19.8 Å². The van der Waals surface area contributed by atoms with E-state index in [2.05, 4.69) is 0 Å². The first-order valence-electron chi connectivity index (χ1n) is 6.76. The molecule has 0 aliphatic carbocycles. The standard InChI is InChI=1S/C13H18N2O3S2/c1-2-20(17,18)14-5-4-13(9-14)7-12(16)15(10-13)11-3-6-19-8-11/h3,6,8H,2,4-5,7,9-10H2,1H3/t13-/m0/s1. The number of hydrogen-bond acceptors (Lipinski definition) is 4. The summed E-state index contributed by atoms with van der Waals surface area (Å²) in [4.78, 5) is 14.0. The summed E-state index contributed by atoms with van der Waals surface area (Å²) in [6.07, 6.45) is 1.23. The maximum atomic E-state index is 12.2. The molecule has 3 heterocycles. The fraction of sp³-hybridized carbons (Fsp3) is 0.615. The van der Waals surface area contributed by atoms with Gasteiger partial charge in [-0.3, -0.25) is 4.79 Å². The number of anilines is 1. The second-order valence-corrected chi connectivity index (χ2v) is 8.66. The third-order valence-corrected chi connectivity index (χ3v) is 6.80. The molecule has 1 aromatic rings. The van der Waals surface area contributed by atoms with Crippen molar-refractivity contribution in [2.45, 2.75) is 19.8 Å². The lowest BCUT2D eigenvalue weighted by atomic mass is 9.86. The van der Waals surface area contributed by atoms with Gasteiger partial charge in [0, 0.05) is 36.9 Å². The van der Waals surface area contributed by atoms with Crippen molar-refractivity contribution in [3.8, 4) is 0 Å². The van der Waals surface area contributed by atoms with Crippen molar-refractivity contribution in [1.82, 2.24) is 4.31 Å². The van der Waals surface area contributed by atoms with E-state index in [0.29, 0.717) is 26.1 Å². The van der Waals surface area contributed by atoms with Gasteiger partial charge in [0.25, 0.3) is 0 Å². The highest BCUT2D eigenvalue weighted by atomic mass is 32.2. The fourth-order valence-electron chi connectivity index (χ4n) is 3.13. The highest BCUT2D eigenvalue weighted by molar-refractivity contribution is 7.89. The Morgan fingerprint density at radius 3 is 2.85 bits per heavy atom. The van der Waals surface area contributed by atoms with Gasteiger partial charge in [-0.05, 0) is 24.8 Å². The number of carbonyl (C=O) groups is 1. The van der Waals surface area contributed by atoms with E-state index in [1.807, 2.05) is 16.8 Å². The van der Waals surface area contributed by atoms with E-state index in [9.17, 15) is 13.2 Å². The van der Waals surface area contributed by atoms with Crippen molar-refractivity contribution in [3.05, 3.63) is 16.8 Å². The van der Waals surface area contributed by atoms with Gasteiger partial charge in [0.05, 0.1) is 11.4 Å². The minimum absolute atomic E-state index is 0.110. The first kappa shape index (κ1) is 14.0. The van der Waals surface area contributed by atoms with E-state index >= 15 is 0 Å². The van der Waals surface area contributed by atoms with E-state index in [4.69, 9.17) is 0 Å². The number of amides is 1. The van der Waals surface area contributed by atoms with Crippen LogP contribution >= 0.6 is 11.3 Å². The Hall–Kier alpha value is -0.920. The molecule has 2 aliphatic heterocycles. The maximum absolute atomic E-state index is 12.2. The van der Waals surface area contributed by atoms with Crippen molar-refractivity contribution in [2.24, 2.45) is 5.41 Å². The number of carbonyl (C=O) groups excluding carboxylic acids is 1. The van der Waals surface area contributed by atoms with Crippen LogP contribution in [0.15, 0.2) is 16.8 Å². The normalized spacial score (nSPS) is 27.9. The summed E-state index contributed by atoms with van der Waals surface area (Å²) in [6.45, 7) is 3.33. The first-order valence-corrected chi connectivity index (χ1v) is 9.31. The zero-order valence-corrected chi connectivity index (χ0v) is 13.0. The van der Waals surface area contributed by atoms with Crippen LogP contribution in [0.4, 0.5) is 5.69 Å². The van der Waals surface area contributed by atoms with Gasteiger partial charge in [-0.1, -0.05) is 0 Å². The second kappa shape index (κ2) is 4.82. The van der Waals surface area contributed by atoms with Crippen molar-refractivity contribution < 1.29 is 13.2 Å². The molecule has 0 radical (unpaired) electrons.